The van der Waals surface area contributed by atoms with E-state index < -0.39 is 21.7 Å². The zero-order valence-electron chi connectivity index (χ0n) is 16.3. The molecule has 0 spiro atoms. The fraction of sp³-hybridized carbons (Fsp3) is 0.158. The van der Waals surface area contributed by atoms with E-state index in [1.807, 2.05) is 10.8 Å². The predicted molar refractivity (Wildman–Crippen MR) is 115 cm³/mol. The number of rotatable bonds is 6. The molecule has 0 saturated heterocycles. The maximum atomic E-state index is 13.4. The predicted octanol–water partition coefficient (Wildman–Crippen LogP) is 3.54. The van der Waals surface area contributed by atoms with E-state index in [-0.39, 0.29) is 17.3 Å². The van der Waals surface area contributed by atoms with E-state index in [1.54, 1.807) is 36.1 Å². The van der Waals surface area contributed by atoms with Crippen molar-refractivity contribution in [1.82, 2.24) is 14.7 Å². The third-order valence-corrected chi connectivity index (χ3v) is 5.89. The number of aryl methyl sites for hydroxylation is 1. The summed E-state index contributed by atoms with van der Waals surface area (Å²) in [5, 5.41) is 9.52. The molecule has 0 atom stereocenters. The quantitative estimate of drug-likeness (QED) is 0.574. The first-order valence-corrected chi connectivity index (χ1v) is 11.7. The number of halogens is 2. The van der Waals surface area contributed by atoms with Gasteiger partial charge in [-0.1, -0.05) is 11.6 Å². The van der Waals surface area contributed by atoms with Crippen LogP contribution in [0.15, 0.2) is 36.5 Å². The van der Waals surface area contributed by atoms with Crippen molar-refractivity contribution in [3.05, 3.63) is 69.2 Å². The van der Waals surface area contributed by atoms with Crippen molar-refractivity contribution in [1.29, 1.82) is 5.26 Å². The van der Waals surface area contributed by atoms with Crippen LogP contribution in [0, 0.1) is 24.1 Å². The molecule has 1 N–H and O–H groups in total. The Morgan fingerprint density at radius 1 is 1.35 bits per heavy atom. The molecule has 2 heterocycles. The minimum absolute atomic E-state index is 0.0396. The van der Waals surface area contributed by atoms with Crippen molar-refractivity contribution < 1.29 is 17.6 Å². The second kappa shape index (κ2) is 8.97. The highest BCUT2D eigenvalue weighted by atomic mass is 35.5. The van der Waals surface area contributed by atoms with Gasteiger partial charge in [-0.25, -0.2) is 22.5 Å². The molecule has 0 saturated carbocycles. The summed E-state index contributed by atoms with van der Waals surface area (Å²) in [6.07, 6.45) is 1.91. The molecule has 8 nitrogen and oxygen atoms in total. The Morgan fingerprint density at radius 3 is 2.61 bits per heavy atom. The molecule has 0 fully saturated rings. The van der Waals surface area contributed by atoms with Crippen molar-refractivity contribution in [3.8, 4) is 6.07 Å². The number of aromatic nitrogens is 2. The number of thiazole rings is 1. The van der Waals surface area contributed by atoms with E-state index in [4.69, 9.17) is 16.9 Å². The van der Waals surface area contributed by atoms with Crippen LogP contribution < -0.4 is 9.62 Å². The van der Waals surface area contributed by atoms with Gasteiger partial charge in [0, 0.05) is 10.6 Å². The lowest BCUT2D eigenvalue weighted by Crippen LogP contribution is -2.30. The highest BCUT2D eigenvalue weighted by molar-refractivity contribution is 7.89. The van der Waals surface area contributed by atoms with Gasteiger partial charge in [0.1, 0.15) is 11.5 Å². The van der Waals surface area contributed by atoms with Gasteiger partial charge in [-0.05, 0) is 37.3 Å². The molecular formula is C19H15ClFN5O3S2. The van der Waals surface area contributed by atoms with Crippen molar-refractivity contribution in [2.45, 2.75) is 13.5 Å². The lowest BCUT2D eigenvalue weighted by atomic mass is 10.2. The van der Waals surface area contributed by atoms with E-state index in [2.05, 4.69) is 9.97 Å². The van der Waals surface area contributed by atoms with Gasteiger partial charge in [0.05, 0.1) is 41.3 Å². The first-order valence-electron chi connectivity index (χ1n) is 8.64. The average Bonchev–Trinajstić information content (AvgIpc) is 3.08. The Labute approximate surface area is 187 Å². The smallest absolute Gasteiger partial charge is 0.284 e. The molecule has 1 aromatic carbocycles. The molecule has 0 aliphatic heterocycles. The number of nitrogens with one attached hydrogen (secondary N) is 1. The van der Waals surface area contributed by atoms with Crippen molar-refractivity contribution in [2.24, 2.45) is 0 Å². The Morgan fingerprint density at radius 2 is 2.03 bits per heavy atom. The Kier molecular flexibility index (Phi) is 6.54. The molecule has 0 radical (unpaired) electrons. The van der Waals surface area contributed by atoms with Gasteiger partial charge in [0.25, 0.3) is 5.91 Å². The van der Waals surface area contributed by atoms with Gasteiger partial charge >= 0.3 is 0 Å². The first kappa shape index (κ1) is 22.6. The highest BCUT2D eigenvalue weighted by Crippen LogP contribution is 2.34. The Balaban J connectivity index is 2.04. The molecule has 0 aliphatic carbocycles. The summed E-state index contributed by atoms with van der Waals surface area (Å²) in [6.45, 7) is 1.73. The normalized spacial score (nSPS) is 11.1. The Hall–Kier alpha value is -3.07. The second-order valence-electron chi connectivity index (χ2n) is 6.43. The molecule has 12 heteroatoms. The van der Waals surface area contributed by atoms with Gasteiger partial charge in [0.2, 0.25) is 10.0 Å². The summed E-state index contributed by atoms with van der Waals surface area (Å²) >= 11 is 7.29. The molecule has 31 heavy (non-hydrogen) atoms. The molecule has 0 aliphatic rings. The van der Waals surface area contributed by atoms with Crippen LogP contribution in [0.5, 0.6) is 0 Å². The van der Waals surface area contributed by atoms with Gasteiger partial charge in [-0.15, -0.1) is 11.3 Å². The molecular weight excluding hydrogens is 465 g/mol. The molecule has 0 unspecified atom stereocenters. The van der Waals surface area contributed by atoms with Crippen LogP contribution in [-0.2, 0) is 16.6 Å². The van der Waals surface area contributed by atoms with Gasteiger partial charge in [-0.3, -0.25) is 9.78 Å². The topological polar surface area (TPSA) is 116 Å². The average molecular weight is 480 g/mol. The van der Waals surface area contributed by atoms with E-state index in [9.17, 15) is 17.6 Å². The number of carbonyl (C=O) groups excluding carboxylic acids is 1. The van der Waals surface area contributed by atoms with Crippen LogP contribution in [0.25, 0.3) is 0 Å². The standard InChI is InChI=1S/C19H15ClFN5O3S2/c1-11-17(18(27)25-31(2,28)29)24-19(30-11)26(14-5-3-12(8-22)4-6-14)10-16-15(20)7-13(21)9-23-16/h3-7,9H,10H2,1-2H3,(H,25,27). The third-order valence-electron chi connectivity index (χ3n) is 4.01. The summed E-state index contributed by atoms with van der Waals surface area (Å²) in [6, 6.07) is 9.76. The van der Waals surface area contributed by atoms with Gasteiger partial charge in [-0.2, -0.15) is 5.26 Å². The third kappa shape index (κ3) is 5.55. The number of carbonyl (C=O) groups is 1. The van der Waals surface area contributed by atoms with Crippen LogP contribution in [0.2, 0.25) is 5.02 Å². The number of benzene rings is 1. The number of pyridine rings is 1. The summed E-state index contributed by atoms with van der Waals surface area (Å²) in [5.41, 5.74) is 1.39. The number of amides is 1. The Bertz CT molecular complexity index is 1290. The zero-order valence-corrected chi connectivity index (χ0v) is 18.6. The maximum Gasteiger partial charge on any atom is 0.284 e. The van der Waals surface area contributed by atoms with Crippen LogP contribution in [0.3, 0.4) is 0 Å². The number of hydrogen-bond donors (Lipinski definition) is 1. The van der Waals surface area contributed by atoms with E-state index in [1.165, 1.54) is 0 Å². The number of anilines is 2. The fourth-order valence-corrected chi connectivity index (χ4v) is 4.19. The summed E-state index contributed by atoms with van der Waals surface area (Å²) < 4.78 is 38.1. The van der Waals surface area contributed by atoms with Crippen LogP contribution in [-0.4, -0.2) is 30.5 Å². The number of sulfonamides is 1. The zero-order chi connectivity index (χ0) is 22.8. The maximum absolute atomic E-state index is 13.4. The monoisotopic (exact) mass is 479 g/mol. The number of nitriles is 1. The lowest BCUT2D eigenvalue weighted by Gasteiger charge is -2.22. The van der Waals surface area contributed by atoms with Gasteiger partial charge < -0.3 is 4.90 Å². The van der Waals surface area contributed by atoms with Crippen LogP contribution in [0.4, 0.5) is 15.2 Å². The molecule has 3 rings (SSSR count). The number of hydrogen-bond acceptors (Lipinski definition) is 8. The summed E-state index contributed by atoms with van der Waals surface area (Å²) in [4.78, 5) is 22.8. The SMILES string of the molecule is Cc1sc(N(Cc2ncc(F)cc2Cl)c2ccc(C#N)cc2)nc1C(=O)NS(C)(=O)=O. The highest BCUT2D eigenvalue weighted by Gasteiger charge is 2.23. The van der Waals surface area contributed by atoms with Crippen molar-refractivity contribution in [3.63, 3.8) is 0 Å². The van der Waals surface area contributed by atoms with Crippen LogP contribution in [0.1, 0.15) is 26.6 Å². The van der Waals surface area contributed by atoms with E-state index in [0.29, 0.717) is 27.0 Å². The van der Waals surface area contributed by atoms with Crippen molar-refractivity contribution in [2.75, 3.05) is 11.2 Å². The first-order chi connectivity index (χ1) is 14.6. The van der Waals surface area contributed by atoms with Gasteiger partial charge in [0.15, 0.2) is 5.13 Å². The van der Waals surface area contributed by atoms with Crippen LogP contribution >= 0.6 is 22.9 Å². The minimum Gasteiger partial charge on any atom is -0.312 e. The molecule has 3 aromatic rings. The molecule has 0 bridgehead atoms. The fourth-order valence-electron chi connectivity index (χ4n) is 2.62. The molecule has 1 amide bonds. The van der Waals surface area contributed by atoms with Crippen molar-refractivity contribution >= 4 is 49.7 Å². The minimum atomic E-state index is -3.76. The lowest BCUT2D eigenvalue weighted by molar-refractivity contribution is 0.0977. The summed E-state index contributed by atoms with van der Waals surface area (Å²) in [5.74, 6) is -1.43. The second-order valence-corrected chi connectivity index (χ2v) is 9.77. The molecule has 2 aromatic heterocycles. The summed E-state index contributed by atoms with van der Waals surface area (Å²) in [7, 11) is -3.76. The number of nitrogens with zero attached hydrogens (tertiary/aromatic N) is 4. The molecule has 160 valence electrons. The van der Waals surface area contributed by atoms with E-state index >= 15 is 0 Å². The largest absolute Gasteiger partial charge is 0.312 e. The van der Waals surface area contributed by atoms with E-state index in [0.717, 1.165) is 29.9 Å².